The van der Waals surface area contributed by atoms with Gasteiger partial charge in [-0.3, -0.25) is 4.79 Å². The van der Waals surface area contributed by atoms with E-state index in [1.54, 1.807) is 0 Å². The highest BCUT2D eigenvalue weighted by molar-refractivity contribution is 5.67. The molecule has 0 bridgehead atoms. The van der Waals surface area contributed by atoms with Crippen LogP contribution in [0.15, 0.2) is 46.5 Å². The minimum atomic E-state index is -0.464. The van der Waals surface area contributed by atoms with Gasteiger partial charge in [-0.1, -0.05) is 27.7 Å². The SMILES string of the molecule is CC(=O)OC1=C(O)CC2C3C(CC[C@]12C)[C@@]1(C)CCC(O)=C[C@@H]1C[C@@H]3O.CC1=C(O)[C@@]2(C)CCC3C(C2C1)[C@@H](O)C[C@H]1C=C(O)CC[C@]31C. The Hall–Kier alpha value is -2.45. The van der Waals surface area contributed by atoms with Gasteiger partial charge in [0.15, 0.2) is 5.76 Å². The van der Waals surface area contributed by atoms with Crippen molar-refractivity contribution in [2.75, 3.05) is 0 Å². The smallest absolute Gasteiger partial charge is 0.307 e. The number of esters is 1. The van der Waals surface area contributed by atoms with Crippen molar-refractivity contribution in [2.24, 2.45) is 69.0 Å². The average molecular weight is 681 g/mol. The van der Waals surface area contributed by atoms with E-state index < -0.39 is 17.5 Å². The first-order chi connectivity index (χ1) is 22.9. The van der Waals surface area contributed by atoms with Gasteiger partial charge < -0.3 is 35.4 Å². The highest BCUT2D eigenvalue weighted by Crippen LogP contribution is 2.68. The second-order valence-electron chi connectivity index (χ2n) is 18.5. The highest BCUT2D eigenvalue weighted by atomic mass is 16.5. The summed E-state index contributed by atoms with van der Waals surface area (Å²) in [5, 5.41) is 63.1. The van der Waals surface area contributed by atoms with Gasteiger partial charge in [-0.05, 0) is 141 Å². The van der Waals surface area contributed by atoms with Crippen LogP contribution in [0.2, 0.25) is 0 Å². The number of fused-ring (bicyclic) bond motifs is 10. The molecule has 6 unspecified atom stereocenters. The number of rotatable bonds is 1. The third-order valence-corrected chi connectivity index (χ3v) is 16.3. The van der Waals surface area contributed by atoms with Crippen molar-refractivity contribution >= 4 is 5.97 Å². The molecule has 8 aliphatic carbocycles. The number of carbonyl (C=O) groups excluding carboxylic acids is 1. The Balaban J connectivity index is 0.000000155. The van der Waals surface area contributed by atoms with Crippen LogP contribution in [0.25, 0.3) is 0 Å². The van der Waals surface area contributed by atoms with Crippen LogP contribution in [0, 0.1) is 69.0 Å². The lowest BCUT2D eigenvalue weighted by atomic mass is 9.45. The van der Waals surface area contributed by atoms with Gasteiger partial charge in [-0.25, -0.2) is 0 Å². The Labute approximate surface area is 292 Å². The van der Waals surface area contributed by atoms with Crippen molar-refractivity contribution in [1.82, 2.24) is 0 Å². The van der Waals surface area contributed by atoms with Gasteiger partial charge >= 0.3 is 5.97 Å². The van der Waals surface area contributed by atoms with Crippen LogP contribution in [0.1, 0.15) is 119 Å². The summed E-state index contributed by atoms with van der Waals surface area (Å²) in [5.41, 5.74) is 0.843. The van der Waals surface area contributed by atoms with E-state index in [2.05, 4.69) is 34.6 Å². The molecular weight excluding hydrogens is 620 g/mol. The molecule has 0 aromatic rings. The number of aliphatic hydroxyl groups is 6. The number of hydrogen-bond donors (Lipinski definition) is 6. The van der Waals surface area contributed by atoms with E-state index in [9.17, 15) is 35.4 Å². The summed E-state index contributed by atoms with van der Waals surface area (Å²) in [6.07, 6.45) is 13.3. The molecular formula is C41H60O8. The Morgan fingerprint density at radius 3 is 1.67 bits per heavy atom. The van der Waals surface area contributed by atoms with Gasteiger partial charge in [-0.2, -0.15) is 0 Å². The van der Waals surface area contributed by atoms with E-state index in [1.807, 2.05) is 12.2 Å². The molecule has 0 aliphatic heterocycles. The lowest BCUT2D eigenvalue weighted by Crippen LogP contribution is -2.57. The van der Waals surface area contributed by atoms with E-state index >= 15 is 0 Å². The Morgan fingerprint density at radius 1 is 0.714 bits per heavy atom. The molecule has 4 saturated carbocycles. The Morgan fingerprint density at radius 2 is 1.18 bits per heavy atom. The number of ether oxygens (including phenoxy) is 1. The van der Waals surface area contributed by atoms with Crippen molar-refractivity contribution < 1.29 is 40.2 Å². The fourth-order valence-electron chi connectivity index (χ4n) is 13.5. The molecule has 4 fully saturated rings. The molecule has 0 amide bonds. The maximum absolute atomic E-state index is 11.5. The largest absolute Gasteiger partial charge is 0.513 e. The molecule has 8 nitrogen and oxygen atoms in total. The van der Waals surface area contributed by atoms with Crippen molar-refractivity contribution in [2.45, 2.75) is 131 Å². The molecule has 14 atom stereocenters. The minimum absolute atomic E-state index is 0.0667. The summed E-state index contributed by atoms with van der Waals surface area (Å²) < 4.78 is 5.42. The van der Waals surface area contributed by atoms with Crippen molar-refractivity contribution in [3.63, 3.8) is 0 Å². The minimum Gasteiger partial charge on any atom is -0.513 e. The van der Waals surface area contributed by atoms with Crippen molar-refractivity contribution in [3.8, 4) is 0 Å². The summed E-state index contributed by atoms with van der Waals surface area (Å²) in [6, 6.07) is 0. The fourth-order valence-corrected chi connectivity index (χ4v) is 13.5. The maximum Gasteiger partial charge on any atom is 0.307 e. The maximum atomic E-state index is 11.5. The van der Waals surface area contributed by atoms with Gasteiger partial charge in [0.25, 0.3) is 0 Å². The molecule has 8 rings (SSSR count). The molecule has 49 heavy (non-hydrogen) atoms. The fraction of sp³-hybridized carbons (Fsp3) is 0.780. The Bertz CT molecular complexity index is 1510. The van der Waals surface area contributed by atoms with Gasteiger partial charge in [-0.15, -0.1) is 0 Å². The zero-order valence-corrected chi connectivity index (χ0v) is 30.4. The molecule has 0 saturated heterocycles. The van der Waals surface area contributed by atoms with E-state index in [-0.39, 0.29) is 51.8 Å². The van der Waals surface area contributed by atoms with Gasteiger partial charge in [0, 0.05) is 37.0 Å². The zero-order chi connectivity index (χ0) is 35.4. The summed E-state index contributed by atoms with van der Waals surface area (Å²) in [4.78, 5) is 11.5. The standard InChI is InChI=1S/C21H30O5.C20H30O3/c1-11(22)26-19-17(25)10-15-18-14(5-7-21(15,19)3)20(2)6-4-13(23)8-12(20)9-16(18)24;1-11-8-15-17-14(5-7-20(15,3)18(11)23)19(2)6-4-13(21)9-12(19)10-16(17)22/h8,12,14-16,18,23-25H,4-7,9-10H2,1-3H3;9,12,14-17,21-23H,4-8,10H2,1-3H3/t12-,14?,15?,16+,18?,20+,21+;12-,14?,15?,16+,17?,19+,20+/m11/s1. The van der Waals surface area contributed by atoms with Crippen molar-refractivity contribution in [3.05, 3.63) is 46.5 Å². The first-order valence-corrected chi connectivity index (χ1v) is 19.1. The van der Waals surface area contributed by atoms with E-state index in [0.29, 0.717) is 66.0 Å². The summed E-state index contributed by atoms with van der Waals surface area (Å²) in [5.74, 6) is 3.92. The van der Waals surface area contributed by atoms with Crippen LogP contribution in [0.3, 0.4) is 0 Å². The Kier molecular flexibility index (Phi) is 8.42. The van der Waals surface area contributed by atoms with Crippen LogP contribution in [0.4, 0.5) is 0 Å². The van der Waals surface area contributed by atoms with E-state index in [4.69, 9.17) is 4.74 Å². The third kappa shape index (κ3) is 5.15. The summed E-state index contributed by atoms with van der Waals surface area (Å²) in [6.45, 7) is 12.4. The molecule has 0 aromatic carbocycles. The zero-order valence-electron chi connectivity index (χ0n) is 30.4. The first-order valence-electron chi connectivity index (χ1n) is 19.1. The van der Waals surface area contributed by atoms with Crippen LogP contribution in [-0.4, -0.2) is 48.8 Å². The number of allylic oxidation sites excluding steroid dienone is 8. The van der Waals surface area contributed by atoms with Crippen LogP contribution < -0.4 is 0 Å². The van der Waals surface area contributed by atoms with E-state index in [1.165, 1.54) is 6.92 Å². The van der Waals surface area contributed by atoms with Crippen molar-refractivity contribution in [1.29, 1.82) is 0 Å². The summed E-state index contributed by atoms with van der Waals surface area (Å²) in [7, 11) is 0. The van der Waals surface area contributed by atoms with Gasteiger partial charge in [0.05, 0.1) is 29.5 Å². The molecule has 6 N–H and O–H groups in total. The molecule has 8 heteroatoms. The average Bonchev–Trinajstić information content (AvgIpc) is 3.42. The highest BCUT2D eigenvalue weighted by Gasteiger charge is 2.64. The lowest BCUT2D eigenvalue weighted by molar-refractivity contribution is -0.152. The topological polar surface area (TPSA) is 148 Å². The summed E-state index contributed by atoms with van der Waals surface area (Å²) >= 11 is 0. The van der Waals surface area contributed by atoms with Crippen LogP contribution in [-0.2, 0) is 9.53 Å². The lowest BCUT2D eigenvalue weighted by Gasteiger charge is -2.60. The second kappa shape index (κ2) is 11.8. The predicted molar refractivity (Wildman–Crippen MR) is 186 cm³/mol. The van der Waals surface area contributed by atoms with E-state index in [0.717, 1.165) is 63.4 Å². The molecule has 8 aliphatic rings. The molecule has 0 spiro atoms. The molecule has 0 aromatic heterocycles. The van der Waals surface area contributed by atoms with Crippen LogP contribution in [0.5, 0.6) is 0 Å². The predicted octanol–water partition coefficient (Wildman–Crippen LogP) is 8.49. The first kappa shape index (κ1) is 35.0. The van der Waals surface area contributed by atoms with Crippen LogP contribution >= 0.6 is 0 Å². The molecule has 272 valence electrons. The molecule has 0 heterocycles. The number of hydrogen-bond acceptors (Lipinski definition) is 8. The number of aliphatic hydroxyl groups excluding tert-OH is 6. The number of carbonyl (C=O) groups is 1. The third-order valence-electron chi connectivity index (χ3n) is 16.3. The quantitative estimate of drug-likeness (QED) is 0.151. The molecule has 0 radical (unpaired) electrons. The second-order valence-corrected chi connectivity index (χ2v) is 18.5. The monoisotopic (exact) mass is 680 g/mol. The van der Waals surface area contributed by atoms with Gasteiger partial charge in [0.1, 0.15) is 5.76 Å². The normalized spacial score (nSPS) is 49.9. The van der Waals surface area contributed by atoms with Gasteiger partial charge in [0.2, 0.25) is 0 Å².